The van der Waals surface area contributed by atoms with Crippen LogP contribution in [0.2, 0.25) is 0 Å². The van der Waals surface area contributed by atoms with Crippen LogP contribution in [0, 0.1) is 0 Å². The molecule has 3 rings (SSSR count). The lowest BCUT2D eigenvalue weighted by Gasteiger charge is -2.04. The summed E-state index contributed by atoms with van der Waals surface area (Å²) in [6.45, 7) is 2.02. The molecule has 0 aliphatic rings. The van der Waals surface area contributed by atoms with E-state index in [0.717, 1.165) is 12.0 Å². The molecule has 2 heterocycles. The first-order chi connectivity index (χ1) is 12.1. The minimum Gasteiger partial charge on any atom is -0.477 e. The number of anilines is 1. The van der Waals surface area contributed by atoms with Gasteiger partial charge in [-0.1, -0.05) is 24.2 Å². The van der Waals surface area contributed by atoms with Crippen LogP contribution < -0.4 is 5.32 Å². The number of hydrogen-bond donors (Lipinski definition) is 2. The van der Waals surface area contributed by atoms with Gasteiger partial charge in [-0.2, -0.15) is 0 Å². The molecule has 2 N–H and O–H groups in total. The molecule has 2 aromatic heterocycles. The molecule has 0 unspecified atom stereocenters. The molecule has 3 aromatic rings. The number of nitrogens with zero attached hydrogens (tertiary/aromatic N) is 2. The third-order valence-electron chi connectivity index (χ3n) is 3.69. The van der Waals surface area contributed by atoms with E-state index in [0.29, 0.717) is 11.1 Å². The largest absolute Gasteiger partial charge is 0.477 e. The van der Waals surface area contributed by atoms with Crippen molar-refractivity contribution < 1.29 is 19.2 Å². The Morgan fingerprint density at radius 2 is 1.96 bits per heavy atom. The van der Waals surface area contributed by atoms with E-state index in [9.17, 15) is 14.7 Å². The molecule has 0 radical (unpaired) electrons. The van der Waals surface area contributed by atoms with Gasteiger partial charge in [0.2, 0.25) is 5.88 Å². The number of aromatic carboxylic acids is 1. The summed E-state index contributed by atoms with van der Waals surface area (Å²) in [7, 11) is 0. The van der Waals surface area contributed by atoms with Gasteiger partial charge in [0.15, 0.2) is 5.56 Å². The van der Waals surface area contributed by atoms with Crippen molar-refractivity contribution in [1.82, 2.24) is 10.1 Å². The molecule has 0 saturated heterocycles. The van der Waals surface area contributed by atoms with Gasteiger partial charge in [0.1, 0.15) is 5.69 Å². The summed E-state index contributed by atoms with van der Waals surface area (Å²) >= 11 is 0. The normalized spacial score (nSPS) is 10.4. The first-order valence-corrected chi connectivity index (χ1v) is 7.63. The molecule has 7 nitrogen and oxygen atoms in total. The first-order valence-electron chi connectivity index (χ1n) is 7.63. The second-order valence-electron chi connectivity index (χ2n) is 5.29. The number of carboxylic acid groups (broad SMARTS) is 1. The maximum atomic E-state index is 12.3. The predicted octanol–water partition coefficient (Wildman–Crippen LogP) is 3.25. The monoisotopic (exact) mass is 337 g/mol. The Hall–Kier alpha value is -3.48. The summed E-state index contributed by atoms with van der Waals surface area (Å²) in [5, 5.41) is 15.7. The van der Waals surface area contributed by atoms with Crippen molar-refractivity contribution in [2.24, 2.45) is 0 Å². The van der Waals surface area contributed by atoms with Gasteiger partial charge in [-0.15, -0.1) is 0 Å². The summed E-state index contributed by atoms with van der Waals surface area (Å²) in [6, 6.07) is 10.3. The minimum atomic E-state index is -1.25. The Bertz CT molecular complexity index is 902. The van der Waals surface area contributed by atoms with Crippen molar-refractivity contribution in [3.05, 3.63) is 65.5 Å². The Morgan fingerprint density at radius 3 is 2.56 bits per heavy atom. The van der Waals surface area contributed by atoms with Crippen LogP contribution in [0.3, 0.4) is 0 Å². The van der Waals surface area contributed by atoms with Gasteiger partial charge >= 0.3 is 5.97 Å². The van der Waals surface area contributed by atoms with Crippen molar-refractivity contribution in [1.29, 1.82) is 0 Å². The number of carbonyl (C=O) groups is 2. The Labute approximate surface area is 143 Å². The van der Waals surface area contributed by atoms with E-state index in [1.54, 1.807) is 30.5 Å². The maximum absolute atomic E-state index is 12.3. The van der Waals surface area contributed by atoms with Crippen LogP contribution in [0.15, 0.2) is 53.3 Å². The van der Waals surface area contributed by atoms with Crippen molar-refractivity contribution in [3.63, 3.8) is 0 Å². The summed E-state index contributed by atoms with van der Waals surface area (Å²) < 4.78 is 5.06. The number of carbonyl (C=O) groups excluding carboxylic acids is 1. The van der Waals surface area contributed by atoms with Gasteiger partial charge in [0, 0.05) is 23.5 Å². The van der Waals surface area contributed by atoms with E-state index >= 15 is 0 Å². The zero-order valence-corrected chi connectivity index (χ0v) is 13.4. The fraction of sp³-hybridized carbons (Fsp3) is 0.111. The quantitative estimate of drug-likeness (QED) is 0.740. The molecule has 7 heteroatoms. The highest BCUT2D eigenvalue weighted by Crippen LogP contribution is 2.28. The fourth-order valence-electron chi connectivity index (χ4n) is 2.34. The molecule has 126 valence electrons. The molecule has 0 aliphatic heterocycles. The van der Waals surface area contributed by atoms with Crippen LogP contribution in [-0.2, 0) is 6.42 Å². The number of carboxylic acids is 1. The third kappa shape index (κ3) is 3.40. The van der Waals surface area contributed by atoms with Crippen LogP contribution in [-0.4, -0.2) is 27.1 Å². The van der Waals surface area contributed by atoms with E-state index < -0.39 is 11.9 Å². The maximum Gasteiger partial charge on any atom is 0.343 e. The van der Waals surface area contributed by atoms with Crippen LogP contribution in [0.5, 0.6) is 0 Å². The molecule has 0 fully saturated rings. The SMILES string of the molecule is CCc1ccc(C(=O)Nc2onc(-c3cccnc3)c2C(=O)O)cc1. The molecule has 0 bridgehead atoms. The summed E-state index contributed by atoms with van der Waals surface area (Å²) in [6.07, 6.45) is 3.90. The number of amides is 1. The fourth-order valence-corrected chi connectivity index (χ4v) is 2.34. The Morgan fingerprint density at radius 1 is 1.20 bits per heavy atom. The lowest BCUT2D eigenvalue weighted by Crippen LogP contribution is -2.14. The standard InChI is InChI=1S/C18H15N3O4/c1-2-11-5-7-12(8-6-11)16(22)20-17-14(18(23)24)15(21-25-17)13-4-3-9-19-10-13/h3-10H,2H2,1H3,(H,20,22)(H,23,24). The number of aromatic nitrogens is 2. The minimum absolute atomic E-state index is 0.109. The molecule has 1 aromatic carbocycles. The number of nitrogens with one attached hydrogen (secondary N) is 1. The topological polar surface area (TPSA) is 105 Å². The van der Waals surface area contributed by atoms with E-state index in [1.807, 2.05) is 19.1 Å². The van der Waals surface area contributed by atoms with Gasteiger partial charge < -0.3 is 9.63 Å². The zero-order valence-electron chi connectivity index (χ0n) is 13.4. The molecule has 0 saturated carbocycles. The molecule has 0 spiro atoms. The highest BCUT2D eigenvalue weighted by atomic mass is 16.5. The highest BCUT2D eigenvalue weighted by molar-refractivity contribution is 6.08. The third-order valence-corrected chi connectivity index (χ3v) is 3.69. The van der Waals surface area contributed by atoms with Crippen molar-refractivity contribution in [3.8, 4) is 11.3 Å². The number of aryl methyl sites for hydroxylation is 1. The molecule has 1 amide bonds. The van der Waals surface area contributed by atoms with Gasteiger partial charge in [0.25, 0.3) is 5.91 Å². The molecule has 25 heavy (non-hydrogen) atoms. The van der Waals surface area contributed by atoms with E-state index in [2.05, 4.69) is 15.5 Å². The molecular formula is C18H15N3O4. The van der Waals surface area contributed by atoms with Crippen molar-refractivity contribution in [2.75, 3.05) is 5.32 Å². The average Bonchev–Trinajstić information content (AvgIpc) is 3.06. The average molecular weight is 337 g/mol. The number of pyridine rings is 1. The zero-order chi connectivity index (χ0) is 17.8. The smallest absolute Gasteiger partial charge is 0.343 e. The molecular weight excluding hydrogens is 322 g/mol. The first kappa shape index (κ1) is 16.4. The second kappa shape index (κ2) is 6.96. The summed E-state index contributed by atoms with van der Waals surface area (Å²) in [5.41, 5.74) is 1.87. The summed E-state index contributed by atoms with van der Waals surface area (Å²) in [5.74, 6) is -1.94. The van der Waals surface area contributed by atoms with Gasteiger partial charge in [-0.25, -0.2) is 4.79 Å². The predicted molar refractivity (Wildman–Crippen MR) is 90.5 cm³/mol. The number of benzene rings is 1. The second-order valence-corrected chi connectivity index (χ2v) is 5.29. The highest BCUT2D eigenvalue weighted by Gasteiger charge is 2.25. The number of rotatable bonds is 5. The summed E-state index contributed by atoms with van der Waals surface area (Å²) in [4.78, 5) is 27.9. The van der Waals surface area contributed by atoms with E-state index in [1.165, 1.54) is 6.20 Å². The molecule has 0 atom stereocenters. The van der Waals surface area contributed by atoms with Gasteiger partial charge in [-0.05, 0) is 36.2 Å². The van der Waals surface area contributed by atoms with E-state index in [-0.39, 0.29) is 17.1 Å². The van der Waals surface area contributed by atoms with Crippen LogP contribution in [0.4, 0.5) is 5.88 Å². The van der Waals surface area contributed by atoms with Crippen molar-refractivity contribution in [2.45, 2.75) is 13.3 Å². The number of hydrogen-bond acceptors (Lipinski definition) is 5. The van der Waals surface area contributed by atoms with E-state index in [4.69, 9.17) is 4.52 Å². The lowest BCUT2D eigenvalue weighted by atomic mass is 10.1. The van der Waals surface area contributed by atoms with Crippen LogP contribution in [0.1, 0.15) is 33.2 Å². The van der Waals surface area contributed by atoms with Crippen LogP contribution in [0.25, 0.3) is 11.3 Å². The molecule has 0 aliphatic carbocycles. The lowest BCUT2D eigenvalue weighted by molar-refractivity contribution is 0.0698. The van der Waals surface area contributed by atoms with Gasteiger partial charge in [0.05, 0.1) is 0 Å². The van der Waals surface area contributed by atoms with Crippen molar-refractivity contribution >= 4 is 17.8 Å². The Balaban J connectivity index is 1.91. The van der Waals surface area contributed by atoms with Gasteiger partial charge in [-0.3, -0.25) is 15.1 Å². The van der Waals surface area contributed by atoms with Crippen LogP contribution >= 0.6 is 0 Å². The Kier molecular flexibility index (Phi) is 4.56.